The van der Waals surface area contributed by atoms with Crippen molar-refractivity contribution in [2.24, 2.45) is 0 Å². The molecule has 0 bridgehead atoms. The number of carbonyl (C=O) groups is 2. The quantitative estimate of drug-likeness (QED) is 0.878. The van der Waals surface area contributed by atoms with Crippen LogP contribution in [0.5, 0.6) is 0 Å². The lowest BCUT2D eigenvalue weighted by atomic mass is 10.3. The van der Waals surface area contributed by atoms with Gasteiger partial charge in [0.15, 0.2) is 5.69 Å². The monoisotopic (exact) mass is 299 g/mol. The highest BCUT2D eigenvalue weighted by molar-refractivity contribution is 7.09. The van der Waals surface area contributed by atoms with Crippen molar-refractivity contribution in [3.8, 4) is 0 Å². The smallest absolute Gasteiger partial charge is 0.355 e. The summed E-state index contributed by atoms with van der Waals surface area (Å²) in [6.07, 6.45) is 0.0308. The second kappa shape index (κ2) is 6.19. The van der Waals surface area contributed by atoms with E-state index in [0.717, 1.165) is 0 Å². The molecule has 1 aliphatic rings. The van der Waals surface area contributed by atoms with E-state index >= 15 is 0 Å². The standard InChI is InChI=1S/C12H17N3O4S/c1-7-5-15(3-4-19-7)12(18)13-8(2)10-14-9(6-20-10)11(16)17/h6-8H,3-5H2,1-2H3,(H,13,18)(H,16,17). The van der Waals surface area contributed by atoms with E-state index in [1.807, 2.05) is 6.92 Å². The van der Waals surface area contributed by atoms with Gasteiger partial charge in [-0.05, 0) is 13.8 Å². The number of ether oxygens (including phenoxy) is 1. The van der Waals surface area contributed by atoms with Crippen molar-refractivity contribution >= 4 is 23.3 Å². The molecule has 1 aliphatic heterocycles. The van der Waals surface area contributed by atoms with Crippen LogP contribution in [0.3, 0.4) is 0 Å². The van der Waals surface area contributed by atoms with E-state index in [2.05, 4.69) is 10.3 Å². The number of carboxylic acid groups (broad SMARTS) is 1. The van der Waals surface area contributed by atoms with Crippen LogP contribution in [-0.2, 0) is 4.74 Å². The summed E-state index contributed by atoms with van der Waals surface area (Å²) >= 11 is 1.23. The van der Waals surface area contributed by atoms with E-state index in [1.54, 1.807) is 11.8 Å². The number of hydrogen-bond donors (Lipinski definition) is 2. The Labute approximate surface area is 120 Å². The summed E-state index contributed by atoms with van der Waals surface area (Å²) in [7, 11) is 0. The van der Waals surface area contributed by atoms with Crippen LogP contribution in [0.1, 0.15) is 35.4 Å². The van der Waals surface area contributed by atoms with Gasteiger partial charge in [-0.3, -0.25) is 0 Å². The molecule has 1 aromatic rings. The highest BCUT2D eigenvalue weighted by Gasteiger charge is 2.23. The molecule has 2 unspecified atom stereocenters. The zero-order chi connectivity index (χ0) is 14.7. The highest BCUT2D eigenvalue weighted by Crippen LogP contribution is 2.18. The third-order valence-corrected chi connectivity index (χ3v) is 4.01. The molecule has 2 heterocycles. The molecule has 1 aromatic heterocycles. The summed E-state index contributed by atoms with van der Waals surface area (Å²) < 4.78 is 5.38. The molecule has 1 saturated heterocycles. The van der Waals surface area contributed by atoms with E-state index in [0.29, 0.717) is 24.7 Å². The van der Waals surface area contributed by atoms with Gasteiger partial charge in [0, 0.05) is 18.5 Å². The van der Waals surface area contributed by atoms with Crippen LogP contribution in [0.2, 0.25) is 0 Å². The van der Waals surface area contributed by atoms with Crippen LogP contribution in [-0.4, -0.2) is 52.8 Å². The molecule has 8 heteroatoms. The van der Waals surface area contributed by atoms with Crippen molar-refractivity contribution in [1.29, 1.82) is 0 Å². The number of nitrogens with zero attached hydrogens (tertiary/aromatic N) is 2. The molecule has 2 amide bonds. The second-order valence-electron chi connectivity index (χ2n) is 4.67. The molecule has 0 radical (unpaired) electrons. The van der Waals surface area contributed by atoms with Crippen molar-refractivity contribution in [2.45, 2.75) is 26.0 Å². The Balaban J connectivity index is 1.94. The number of thiazole rings is 1. The summed E-state index contributed by atoms with van der Waals surface area (Å²) in [6.45, 7) is 5.34. The molecule has 20 heavy (non-hydrogen) atoms. The zero-order valence-corrected chi connectivity index (χ0v) is 12.1. The van der Waals surface area contributed by atoms with Crippen LogP contribution in [0, 0.1) is 0 Å². The minimum absolute atomic E-state index is 0.00564. The summed E-state index contributed by atoms with van der Waals surface area (Å²) in [5.41, 5.74) is 0.00564. The van der Waals surface area contributed by atoms with Gasteiger partial charge in [-0.15, -0.1) is 11.3 Å². The number of morpholine rings is 1. The lowest BCUT2D eigenvalue weighted by molar-refractivity contribution is -0.00380. The Bertz CT molecular complexity index is 505. The van der Waals surface area contributed by atoms with Crippen LogP contribution in [0.4, 0.5) is 4.79 Å². The predicted molar refractivity (Wildman–Crippen MR) is 73.0 cm³/mol. The van der Waals surface area contributed by atoms with Gasteiger partial charge < -0.3 is 20.1 Å². The summed E-state index contributed by atoms with van der Waals surface area (Å²) in [6, 6.07) is -0.501. The lowest BCUT2D eigenvalue weighted by Gasteiger charge is -2.31. The number of aromatic carboxylic acids is 1. The Morgan fingerprint density at radius 1 is 1.65 bits per heavy atom. The molecule has 2 rings (SSSR count). The van der Waals surface area contributed by atoms with Crippen molar-refractivity contribution in [3.63, 3.8) is 0 Å². The highest BCUT2D eigenvalue weighted by atomic mass is 32.1. The number of carbonyl (C=O) groups excluding carboxylic acids is 1. The van der Waals surface area contributed by atoms with Crippen LogP contribution < -0.4 is 5.32 Å². The van der Waals surface area contributed by atoms with E-state index in [1.165, 1.54) is 16.7 Å². The number of amides is 2. The maximum Gasteiger partial charge on any atom is 0.355 e. The Morgan fingerprint density at radius 3 is 3.00 bits per heavy atom. The third kappa shape index (κ3) is 3.45. The molecule has 0 aromatic carbocycles. The van der Waals surface area contributed by atoms with Crippen LogP contribution in [0.15, 0.2) is 5.38 Å². The van der Waals surface area contributed by atoms with Gasteiger partial charge in [-0.1, -0.05) is 0 Å². The first-order valence-electron chi connectivity index (χ1n) is 6.33. The number of urea groups is 1. The van der Waals surface area contributed by atoms with Crippen molar-refractivity contribution < 1.29 is 19.4 Å². The molecular weight excluding hydrogens is 282 g/mol. The summed E-state index contributed by atoms with van der Waals surface area (Å²) in [4.78, 5) is 28.5. The number of carboxylic acids is 1. The number of hydrogen-bond acceptors (Lipinski definition) is 5. The van der Waals surface area contributed by atoms with Crippen LogP contribution in [0.25, 0.3) is 0 Å². The Hall–Kier alpha value is -1.67. The third-order valence-electron chi connectivity index (χ3n) is 2.98. The van der Waals surface area contributed by atoms with Gasteiger partial charge in [0.1, 0.15) is 5.01 Å². The van der Waals surface area contributed by atoms with Gasteiger partial charge in [0.05, 0.1) is 18.8 Å². The SMILES string of the molecule is CC1CN(C(=O)NC(C)c2nc(C(=O)O)cs2)CCO1. The molecule has 0 spiro atoms. The molecule has 2 atom stereocenters. The number of nitrogens with one attached hydrogen (secondary N) is 1. The van der Waals surface area contributed by atoms with Crippen molar-refractivity contribution in [1.82, 2.24) is 15.2 Å². The van der Waals surface area contributed by atoms with Crippen molar-refractivity contribution in [2.75, 3.05) is 19.7 Å². The maximum atomic E-state index is 12.1. The van der Waals surface area contributed by atoms with Gasteiger partial charge in [-0.25, -0.2) is 14.6 Å². The fourth-order valence-corrected chi connectivity index (χ4v) is 2.73. The second-order valence-corrected chi connectivity index (χ2v) is 5.56. The first-order valence-corrected chi connectivity index (χ1v) is 7.21. The first kappa shape index (κ1) is 14.7. The fourth-order valence-electron chi connectivity index (χ4n) is 1.93. The molecule has 1 fully saturated rings. The Kier molecular flexibility index (Phi) is 4.56. The largest absolute Gasteiger partial charge is 0.476 e. The first-order chi connectivity index (χ1) is 9.47. The molecule has 110 valence electrons. The molecule has 7 nitrogen and oxygen atoms in total. The average molecular weight is 299 g/mol. The van der Waals surface area contributed by atoms with Crippen molar-refractivity contribution in [3.05, 3.63) is 16.1 Å². The van der Waals surface area contributed by atoms with Gasteiger partial charge in [0.25, 0.3) is 0 Å². The van der Waals surface area contributed by atoms with E-state index in [-0.39, 0.29) is 23.9 Å². The molecular formula is C12H17N3O4S. The van der Waals surface area contributed by atoms with E-state index < -0.39 is 5.97 Å². The van der Waals surface area contributed by atoms with Crippen LogP contribution >= 0.6 is 11.3 Å². The summed E-state index contributed by atoms with van der Waals surface area (Å²) in [5, 5.41) is 13.7. The normalized spacial score (nSPS) is 20.5. The van der Waals surface area contributed by atoms with Gasteiger partial charge in [0.2, 0.25) is 0 Å². The fraction of sp³-hybridized carbons (Fsp3) is 0.583. The van der Waals surface area contributed by atoms with Gasteiger partial charge >= 0.3 is 12.0 Å². The topological polar surface area (TPSA) is 91.8 Å². The van der Waals surface area contributed by atoms with Gasteiger partial charge in [-0.2, -0.15) is 0 Å². The molecule has 0 saturated carbocycles. The zero-order valence-electron chi connectivity index (χ0n) is 11.3. The number of rotatable bonds is 3. The lowest BCUT2D eigenvalue weighted by Crippen LogP contribution is -2.49. The van der Waals surface area contributed by atoms with E-state index in [4.69, 9.17) is 9.84 Å². The minimum Gasteiger partial charge on any atom is -0.476 e. The molecule has 2 N–H and O–H groups in total. The minimum atomic E-state index is -1.06. The Morgan fingerprint density at radius 2 is 2.40 bits per heavy atom. The summed E-state index contributed by atoms with van der Waals surface area (Å²) in [5.74, 6) is -1.06. The average Bonchev–Trinajstić information content (AvgIpc) is 2.88. The van der Waals surface area contributed by atoms with E-state index in [9.17, 15) is 9.59 Å². The predicted octanol–water partition coefficient (Wildman–Crippen LogP) is 1.33. The molecule has 0 aliphatic carbocycles. The maximum absolute atomic E-state index is 12.1. The number of aromatic nitrogens is 1.